The van der Waals surface area contributed by atoms with Crippen LogP contribution >= 0.6 is 0 Å². The fraction of sp³-hybridized carbons (Fsp3) is 0.172. The number of aryl methyl sites for hydroxylation is 2. The molecule has 0 radical (unpaired) electrons. The van der Waals surface area contributed by atoms with Gasteiger partial charge in [-0.3, -0.25) is 4.57 Å². The number of hydrogen-bond donors (Lipinski definition) is 0. The molecular weight excluding hydrogens is 1030 g/mol. The molecule has 8 aromatic carbocycles. The van der Waals surface area contributed by atoms with Crippen molar-refractivity contribution in [2.45, 2.75) is 66.2 Å². The van der Waals surface area contributed by atoms with Crippen LogP contribution in [0.4, 0.5) is 66.7 Å². The molecule has 0 aliphatic carbocycles. The van der Waals surface area contributed by atoms with Gasteiger partial charge in [-0.1, -0.05) is 90.1 Å². The summed E-state index contributed by atoms with van der Waals surface area (Å²) in [6.07, 6.45) is 1.79. The average Bonchev–Trinajstić information content (AvgIpc) is 4.24. The van der Waals surface area contributed by atoms with Crippen LogP contribution in [0.2, 0.25) is 0 Å². The molecule has 15 heteroatoms. The highest BCUT2D eigenvalue weighted by molar-refractivity contribution is 6.09. The number of aromatic nitrogens is 2. The second-order valence-corrected chi connectivity index (χ2v) is 21.8. The fourth-order valence-corrected chi connectivity index (χ4v) is 10.7. The molecule has 1 aliphatic heterocycles. The largest absolute Gasteiger partial charge is 0.457 e. The van der Waals surface area contributed by atoms with Crippen molar-refractivity contribution in [3.8, 4) is 50.7 Å². The Morgan fingerprint density at radius 2 is 0.962 bits per heavy atom. The number of nitrogens with zero attached hydrogens (tertiary/aromatic N) is 4. The Labute approximate surface area is 448 Å². The van der Waals surface area contributed by atoms with E-state index in [1.807, 2.05) is 92.7 Å². The minimum absolute atomic E-state index is 0.0187. The van der Waals surface area contributed by atoms with Gasteiger partial charge in [-0.05, 0) is 125 Å². The number of pyridine rings is 1. The number of rotatable bonds is 8. The number of para-hydroxylation sites is 3. The first-order valence-corrected chi connectivity index (χ1v) is 25.2. The highest BCUT2D eigenvalue weighted by Gasteiger charge is 2.39. The second-order valence-electron chi connectivity index (χ2n) is 21.8. The van der Waals surface area contributed by atoms with Crippen LogP contribution in [0.25, 0.3) is 61.0 Å². The summed E-state index contributed by atoms with van der Waals surface area (Å²) in [5, 5.41) is 1.93. The van der Waals surface area contributed by atoms with Crippen LogP contribution in [0.3, 0.4) is 0 Å². The lowest BCUT2D eigenvalue weighted by Crippen LogP contribution is -2.26. The smallest absolute Gasteiger partial charge is 0.200 e. The lowest BCUT2D eigenvalue weighted by molar-refractivity contribution is 0.381. The SMILES string of the molecule is Cc1cccc(C)c1-c1cc(Oc2ccc3c4ccccc4n(-c4cc(C(C)(C)C)ccn4)c3c2)cc(N2CN(c3c(-c4c(F)c(F)c(F)c(F)c4F)cc(C(C)(C)C)cc3-c3c(F)c(F)c(F)c(F)c3F)c3ccccc32)c1. The molecule has 0 saturated heterocycles. The maximum Gasteiger partial charge on any atom is 0.200 e. The molecule has 400 valence electrons. The highest BCUT2D eigenvalue weighted by atomic mass is 19.2. The normalized spacial score (nSPS) is 12.8. The summed E-state index contributed by atoms with van der Waals surface area (Å²) >= 11 is 0. The first kappa shape index (κ1) is 52.5. The Morgan fingerprint density at radius 1 is 0.443 bits per heavy atom. The van der Waals surface area contributed by atoms with Crippen LogP contribution in [-0.2, 0) is 10.8 Å². The van der Waals surface area contributed by atoms with Gasteiger partial charge in [-0.15, -0.1) is 0 Å². The topological polar surface area (TPSA) is 33.5 Å². The van der Waals surface area contributed by atoms with E-state index in [2.05, 4.69) is 31.4 Å². The molecule has 2 aromatic heterocycles. The first-order chi connectivity index (χ1) is 37.4. The zero-order valence-corrected chi connectivity index (χ0v) is 43.9. The van der Waals surface area contributed by atoms with E-state index in [0.717, 1.165) is 56.2 Å². The Bertz CT molecular complexity index is 4010. The zero-order chi connectivity index (χ0) is 56.3. The fourth-order valence-electron chi connectivity index (χ4n) is 10.7. The molecular formula is C64H48F10N4O. The van der Waals surface area contributed by atoms with Gasteiger partial charge in [0.2, 0.25) is 11.6 Å². The van der Waals surface area contributed by atoms with Gasteiger partial charge in [0.25, 0.3) is 0 Å². The number of ether oxygens (including phenoxy) is 1. The molecule has 0 fully saturated rings. The van der Waals surface area contributed by atoms with Crippen molar-refractivity contribution in [1.82, 2.24) is 9.55 Å². The zero-order valence-electron chi connectivity index (χ0n) is 43.9. The summed E-state index contributed by atoms with van der Waals surface area (Å²) in [5.74, 6) is -22.0. The van der Waals surface area contributed by atoms with E-state index in [4.69, 9.17) is 9.72 Å². The van der Waals surface area contributed by atoms with Gasteiger partial charge in [0.1, 0.15) is 24.0 Å². The maximum absolute atomic E-state index is 16.4. The first-order valence-electron chi connectivity index (χ1n) is 25.2. The molecule has 79 heavy (non-hydrogen) atoms. The van der Waals surface area contributed by atoms with Crippen molar-refractivity contribution < 1.29 is 48.6 Å². The summed E-state index contributed by atoms with van der Waals surface area (Å²) in [6.45, 7) is 14.6. The van der Waals surface area contributed by atoms with Crippen LogP contribution < -0.4 is 14.5 Å². The minimum atomic E-state index is -2.48. The van der Waals surface area contributed by atoms with E-state index in [0.29, 0.717) is 34.3 Å². The third kappa shape index (κ3) is 8.70. The summed E-state index contributed by atoms with van der Waals surface area (Å²) in [5.41, 5.74) is 0.520. The van der Waals surface area contributed by atoms with E-state index in [1.54, 1.807) is 56.1 Å². The molecule has 0 saturated carbocycles. The predicted octanol–water partition coefficient (Wildman–Crippen LogP) is 18.8. The Balaban J connectivity index is 1.14. The van der Waals surface area contributed by atoms with E-state index < -0.39 is 98.2 Å². The van der Waals surface area contributed by atoms with Gasteiger partial charge >= 0.3 is 0 Å². The molecule has 11 rings (SSSR count). The molecule has 0 spiro atoms. The van der Waals surface area contributed by atoms with Crippen molar-refractivity contribution in [1.29, 1.82) is 0 Å². The Morgan fingerprint density at radius 3 is 1.53 bits per heavy atom. The maximum atomic E-state index is 16.4. The van der Waals surface area contributed by atoms with E-state index in [9.17, 15) is 8.78 Å². The summed E-state index contributed by atoms with van der Waals surface area (Å²) < 4.78 is 166. The van der Waals surface area contributed by atoms with Crippen LogP contribution in [0, 0.1) is 72.0 Å². The quantitative estimate of drug-likeness (QED) is 0.0863. The Kier molecular flexibility index (Phi) is 12.7. The van der Waals surface area contributed by atoms with Gasteiger partial charge in [0.05, 0.1) is 39.2 Å². The van der Waals surface area contributed by atoms with Crippen molar-refractivity contribution in [2.75, 3.05) is 16.5 Å². The highest BCUT2D eigenvalue weighted by Crippen LogP contribution is 2.54. The van der Waals surface area contributed by atoms with Gasteiger partial charge in [-0.25, -0.2) is 48.9 Å². The standard InChI is InChI=1S/C64H48F10N4O/c1-32-14-13-15-33(2)49(32)34-24-37(29-39(25-34)79-38-20-21-41-40-16-9-10-17-44(40)78(47(41)30-38)48-28-35(22-23-75-48)63(3,4)5)76-31-77(46-19-12-11-18-45(46)76)62-42(50-52(65)56(69)60(73)57(70)53(50)66)26-36(64(6,7)8)27-43(62)51-54(67)58(71)61(74)59(72)55(51)68/h9-30H,31H2,1-8H3. The monoisotopic (exact) mass is 1080 g/mol. The van der Waals surface area contributed by atoms with E-state index in [-0.39, 0.29) is 16.7 Å². The number of benzene rings is 8. The molecule has 0 N–H and O–H groups in total. The predicted molar refractivity (Wildman–Crippen MR) is 290 cm³/mol. The van der Waals surface area contributed by atoms with Gasteiger partial charge < -0.3 is 14.5 Å². The molecule has 1 aliphatic rings. The van der Waals surface area contributed by atoms with Crippen LogP contribution in [0.15, 0.2) is 134 Å². The van der Waals surface area contributed by atoms with Crippen LogP contribution in [-0.4, -0.2) is 16.2 Å². The van der Waals surface area contributed by atoms with Crippen molar-refractivity contribution in [3.05, 3.63) is 214 Å². The number of anilines is 4. The molecule has 10 aromatic rings. The van der Waals surface area contributed by atoms with Gasteiger partial charge in [-0.2, -0.15) is 0 Å². The third-order valence-electron chi connectivity index (χ3n) is 14.6. The molecule has 3 heterocycles. The number of hydrogen-bond acceptors (Lipinski definition) is 4. The minimum Gasteiger partial charge on any atom is -0.457 e. The molecule has 5 nitrogen and oxygen atoms in total. The summed E-state index contributed by atoms with van der Waals surface area (Å²) in [4.78, 5) is 7.81. The van der Waals surface area contributed by atoms with Crippen molar-refractivity contribution in [3.63, 3.8) is 0 Å². The summed E-state index contributed by atoms with van der Waals surface area (Å²) in [6, 6.07) is 37.7. The number of fused-ring (bicyclic) bond motifs is 4. The van der Waals surface area contributed by atoms with Crippen LogP contribution in [0.1, 0.15) is 63.8 Å². The molecule has 0 bridgehead atoms. The van der Waals surface area contributed by atoms with E-state index >= 15 is 35.1 Å². The molecule has 0 unspecified atom stereocenters. The van der Waals surface area contributed by atoms with Gasteiger partial charge in [0, 0.05) is 45.9 Å². The van der Waals surface area contributed by atoms with Crippen molar-refractivity contribution in [2.24, 2.45) is 0 Å². The molecule has 0 amide bonds. The van der Waals surface area contributed by atoms with Gasteiger partial charge in [0.15, 0.2) is 46.5 Å². The number of halogens is 10. The second kappa shape index (κ2) is 19.1. The average molecular weight is 1080 g/mol. The molecule has 0 atom stereocenters. The lowest BCUT2D eigenvalue weighted by atomic mass is 9.81. The Hall–Kier alpha value is -8.59. The van der Waals surface area contributed by atoms with Crippen molar-refractivity contribution >= 4 is 44.6 Å². The van der Waals surface area contributed by atoms with E-state index in [1.165, 1.54) is 11.0 Å². The van der Waals surface area contributed by atoms with Crippen LogP contribution in [0.5, 0.6) is 11.5 Å². The lowest BCUT2D eigenvalue weighted by Gasteiger charge is -2.30. The third-order valence-corrected chi connectivity index (χ3v) is 14.6. The summed E-state index contributed by atoms with van der Waals surface area (Å²) in [7, 11) is 0.